The Kier molecular flexibility index (Phi) is 11.2. The van der Waals surface area contributed by atoms with Gasteiger partial charge in [-0.25, -0.2) is 4.98 Å². The molecule has 3 amide bonds. The number of nitrogens with one attached hydrogen (secondary N) is 3. The van der Waals surface area contributed by atoms with E-state index in [-0.39, 0.29) is 35.8 Å². The summed E-state index contributed by atoms with van der Waals surface area (Å²) in [4.78, 5) is 49.4. The van der Waals surface area contributed by atoms with Gasteiger partial charge in [0.15, 0.2) is 5.82 Å². The molecule has 1 aromatic heterocycles. The number of nitrogens with zero attached hydrogens (tertiary/aromatic N) is 4. The number of rotatable bonds is 11. The van der Waals surface area contributed by atoms with E-state index in [4.69, 9.17) is 14.5 Å². The summed E-state index contributed by atoms with van der Waals surface area (Å²) in [6.45, 7) is 9.37. The van der Waals surface area contributed by atoms with Crippen LogP contribution in [0.4, 0.5) is 23.0 Å². The third-order valence-corrected chi connectivity index (χ3v) is 8.99. The van der Waals surface area contributed by atoms with E-state index in [1.165, 1.54) is 0 Å². The molecule has 13 heteroatoms. The minimum Gasteiger partial charge on any atom is -0.495 e. The highest BCUT2D eigenvalue weighted by Crippen LogP contribution is 2.39. The number of hydrogen-bond donors (Lipinski definition) is 3. The molecule has 1 unspecified atom stereocenters. The molecule has 2 fully saturated rings. The van der Waals surface area contributed by atoms with Crippen LogP contribution in [0.5, 0.6) is 5.75 Å². The average Bonchev–Trinajstić information content (AvgIpc) is 3.05. The van der Waals surface area contributed by atoms with Crippen LogP contribution in [0.1, 0.15) is 43.0 Å². The minimum absolute atomic E-state index is 0.0224. The first-order valence-corrected chi connectivity index (χ1v) is 17.0. The topological polar surface area (TPSA) is 128 Å². The number of anilines is 4. The summed E-state index contributed by atoms with van der Waals surface area (Å²) in [5.41, 5.74) is 1.92. The van der Waals surface area contributed by atoms with Crippen LogP contribution in [0.25, 0.3) is 0 Å². The number of likely N-dealkylation sites (tertiary alicyclic amines) is 1. The van der Waals surface area contributed by atoms with Crippen molar-refractivity contribution in [3.63, 3.8) is 0 Å². The molecule has 1 atom stereocenters. The first-order valence-electron chi connectivity index (χ1n) is 15.4. The fourth-order valence-corrected chi connectivity index (χ4v) is 6.66. The molecular weight excluding hydrogens is 689 g/mol. The predicted octanol–water partition coefficient (Wildman–Crippen LogP) is 3.44. The third-order valence-electron chi connectivity index (χ3n) is 8.61. The highest BCUT2D eigenvalue weighted by molar-refractivity contribution is 14.1. The van der Waals surface area contributed by atoms with Gasteiger partial charge in [-0.05, 0) is 62.9 Å². The van der Waals surface area contributed by atoms with Crippen molar-refractivity contribution < 1.29 is 23.9 Å². The Morgan fingerprint density at radius 3 is 2.60 bits per heavy atom. The van der Waals surface area contributed by atoms with Gasteiger partial charge >= 0.3 is 0 Å². The Morgan fingerprint density at radius 2 is 1.91 bits per heavy atom. The number of hydrogen-bond acceptors (Lipinski definition) is 9. The fourth-order valence-electron chi connectivity index (χ4n) is 6.24. The highest BCUT2D eigenvalue weighted by atomic mass is 127. The second-order valence-electron chi connectivity index (χ2n) is 11.5. The number of aromatic nitrogens is 1. The quantitative estimate of drug-likeness (QED) is 0.138. The Hall–Kier alpha value is -3.43. The maximum absolute atomic E-state index is 13.4. The number of benzene rings is 1. The Bertz CT molecular complexity index is 1390. The van der Waals surface area contributed by atoms with Crippen molar-refractivity contribution in [1.82, 2.24) is 20.5 Å². The van der Waals surface area contributed by atoms with Crippen molar-refractivity contribution >= 4 is 63.3 Å². The lowest BCUT2D eigenvalue weighted by Gasteiger charge is -2.45. The molecule has 12 nitrogen and oxygen atoms in total. The molecule has 1 aromatic carbocycles. The summed E-state index contributed by atoms with van der Waals surface area (Å²) in [6.07, 6.45) is 4.94. The molecule has 0 saturated carbocycles. The fraction of sp³-hybridized carbons (Fsp3) is 0.500. The molecule has 3 aliphatic rings. The van der Waals surface area contributed by atoms with Crippen LogP contribution in [0, 0.1) is 0 Å². The molecule has 242 valence electrons. The molecule has 5 rings (SSSR count). The van der Waals surface area contributed by atoms with Gasteiger partial charge in [0.25, 0.3) is 5.91 Å². The van der Waals surface area contributed by atoms with Crippen molar-refractivity contribution in [2.24, 2.45) is 0 Å². The summed E-state index contributed by atoms with van der Waals surface area (Å²) < 4.78 is 11.9. The number of carbonyl (C=O) groups is 3. The molecule has 4 heterocycles. The van der Waals surface area contributed by atoms with Crippen LogP contribution in [0.15, 0.2) is 43.0 Å². The van der Waals surface area contributed by atoms with E-state index in [0.29, 0.717) is 53.7 Å². The summed E-state index contributed by atoms with van der Waals surface area (Å²) in [5.74, 6) is 1.73. The highest BCUT2D eigenvalue weighted by Gasteiger charge is 2.40. The number of methoxy groups -OCH3 is 1. The number of piperidine rings is 1. The second-order valence-corrected chi connectivity index (χ2v) is 12.3. The van der Waals surface area contributed by atoms with Gasteiger partial charge in [-0.1, -0.05) is 28.7 Å². The SMILES string of the molecule is C=CCN1C(=O)C(C)N(C2CCOCC2)c2nc(Nc3ccc(C(=O)NC4CCN(CC(=O)NCI)CC4)cc3OC)ccc21. The second kappa shape index (κ2) is 15.2. The zero-order valence-electron chi connectivity index (χ0n) is 25.9. The molecule has 2 saturated heterocycles. The first kappa shape index (κ1) is 32.9. The molecule has 3 aliphatic heterocycles. The smallest absolute Gasteiger partial charge is 0.251 e. The van der Waals surface area contributed by atoms with Gasteiger partial charge in [-0.2, -0.15) is 0 Å². The van der Waals surface area contributed by atoms with E-state index < -0.39 is 0 Å². The molecule has 0 radical (unpaired) electrons. The van der Waals surface area contributed by atoms with Crippen LogP contribution in [-0.4, -0.2) is 96.8 Å². The Morgan fingerprint density at radius 1 is 1.16 bits per heavy atom. The zero-order valence-corrected chi connectivity index (χ0v) is 28.0. The summed E-state index contributed by atoms with van der Waals surface area (Å²) in [6, 6.07) is 8.88. The number of fused-ring (bicyclic) bond motifs is 1. The lowest BCUT2D eigenvalue weighted by Crippen LogP contribution is -2.57. The molecule has 0 aliphatic carbocycles. The minimum atomic E-state index is -0.372. The van der Waals surface area contributed by atoms with Crippen LogP contribution in [0.3, 0.4) is 0 Å². The maximum atomic E-state index is 13.4. The number of halogens is 1. The van der Waals surface area contributed by atoms with E-state index >= 15 is 0 Å². The van der Waals surface area contributed by atoms with E-state index in [1.807, 2.05) is 25.1 Å². The van der Waals surface area contributed by atoms with Gasteiger partial charge in [0.1, 0.15) is 17.6 Å². The van der Waals surface area contributed by atoms with Crippen LogP contribution >= 0.6 is 22.6 Å². The number of carbonyl (C=O) groups excluding carboxylic acids is 3. The van der Waals surface area contributed by atoms with Crippen LogP contribution in [0.2, 0.25) is 0 Å². The molecule has 2 aromatic rings. The van der Waals surface area contributed by atoms with Crippen molar-refractivity contribution in [2.75, 3.05) is 66.2 Å². The van der Waals surface area contributed by atoms with E-state index in [2.05, 4.69) is 54.9 Å². The van der Waals surface area contributed by atoms with E-state index in [0.717, 1.165) is 50.3 Å². The van der Waals surface area contributed by atoms with Gasteiger partial charge in [-0.3, -0.25) is 19.3 Å². The van der Waals surface area contributed by atoms with Gasteiger partial charge in [0, 0.05) is 50.5 Å². The molecule has 45 heavy (non-hydrogen) atoms. The lowest BCUT2D eigenvalue weighted by molar-refractivity contribution is -0.122. The maximum Gasteiger partial charge on any atom is 0.251 e. The Labute approximate surface area is 278 Å². The molecule has 0 spiro atoms. The van der Waals surface area contributed by atoms with Gasteiger partial charge in [0.05, 0.1) is 29.6 Å². The first-order chi connectivity index (χ1) is 21.8. The standard InChI is InChI=1S/C32H42IN7O5/c1-4-13-39-26-7-8-28(37-30(26)40(21(2)32(39)43)24-11-16-45-17-12-24)36-25-6-5-22(18-27(25)44-3)31(42)35-23-9-14-38(15-10-23)19-29(41)34-20-33/h4-8,18,21,23-24H,1,9-17,19-20H2,2-3H3,(H,34,41)(H,35,42)(H,36,37). The van der Waals surface area contributed by atoms with Crippen molar-refractivity contribution in [3.05, 3.63) is 48.6 Å². The summed E-state index contributed by atoms with van der Waals surface area (Å²) >= 11 is 2.12. The van der Waals surface area contributed by atoms with Crippen molar-refractivity contribution in [1.29, 1.82) is 0 Å². The Balaban J connectivity index is 1.29. The lowest BCUT2D eigenvalue weighted by atomic mass is 10.0. The van der Waals surface area contributed by atoms with Crippen molar-refractivity contribution in [3.8, 4) is 5.75 Å². The molecule has 0 bridgehead atoms. The molecular formula is C32H42IN7O5. The largest absolute Gasteiger partial charge is 0.495 e. The number of amides is 3. The van der Waals surface area contributed by atoms with Gasteiger partial charge < -0.3 is 35.2 Å². The van der Waals surface area contributed by atoms with Gasteiger partial charge in [0.2, 0.25) is 11.8 Å². The number of alkyl halides is 1. The molecule has 3 N–H and O–H groups in total. The number of ether oxygens (including phenoxy) is 2. The van der Waals surface area contributed by atoms with Crippen LogP contribution in [-0.2, 0) is 14.3 Å². The normalized spacial score (nSPS) is 19.5. The predicted molar refractivity (Wildman–Crippen MR) is 183 cm³/mol. The third kappa shape index (κ3) is 7.69. The van der Waals surface area contributed by atoms with Crippen molar-refractivity contribution in [2.45, 2.75) is 50.7 Å². The number of pyridine rings is 1. The monoisotopic (exact) mass is 731 g/mol. The van der Waals surface area contributed by atoms with E-state index in [1.54, 1.807) is 30.2 Å². The van der Waals surface area contributed by atoms with Gasteiger partial charge in [-0.15, -0.1) is 6.58 Å². The summed E-state index contributed by atoms with van der Waals surface area (Å²) in [5, 5.41) is 9.32. The average molecular weight is 732 g/mol. The van der Waals surface area contributed by atoms with Crippen LogP contribution < -0.4 is 30.5 Å². The zero-order chi connectivity index (χ0) is 31.9. The van der Waals surface area contributed by atoms with E-state index in [9.17, 15) is 14.4 Å². The summed E-state index contributed by atoms with van der Waals surface area (Å²) in [7, 11) is 1.57.